The number of carbonyl (C=O) groups is 2. The first kappa shape index (κ1) is 15.0. The van der Waals surface area contributed by atoms with Crippen LogP contribution >= 0.6 is 11.3 Å². The zero-order valence-corrected chi connectivity index (χ0v) is 11.9. The molecule has 1 aliphatic heterocycles. The first-order valence-electron chi connectivity index (χ1n) is 6.46. The smallest absolute Gasteiger partial charge is 0.252 e. The summed E-state index contributed by atoms with van der Waals surface area (Å²) >= 11 is 1.45. The van der Waals surface area contributed by atoms with Crippen LogP contribution in [0.2, 0.25) is 0 Å². The van der Waals surface area contributed by atoms with Crippen LogP contribution in [0.15, 0.2) is 16.8 Å². The molecule has 7 heteroatoms. The Kier molecular flexibility index (Phi) is 5.11. The minimum atomic E-state index is -0.949. The van der Waals surface area contributed by atoms with Crippen molar-refractivity contribution in [3.05, 3.63) is 22.4 Å². The van der Waals surface area contributed by atoms with E-state index in [0.29, 0.717) is 18.6 Å². The summed E-state index contributed by atoms with van der Waals surface area (Å²) in [5.74, 6) is -0.377. The number of hydrogen-bond donors (Lipinski definition) is 3. The van der Waals surface area contributed by atoms with E-state index in [1.54, 1.807) is 11.4 Å². The molecule has 110 valence electrons. The Morgan fingerprint density at radius 2 is 2.30 bits per heavy atom. The van der Waals surface area contributed by atoms with Crippen molar-refractivity contribution in [1.29, 1.82) is 0 Å². The fourth-order valence-electron chi connectivity index (χ4n) is 1.87. The number of ether oxygens (including phenoxy) is 1. The van der Waals surface area contributed by atoms with Crippen LogP contribution in [0, 0.1) is 0 Å². The van der Waals surface area contributed by atoms with Gasteiger partial charge < -0.3 is 20.5 Å². The third-order valence-corrected chi connectivity index (χ3v) is 3.80. The van der Waals surface area contributed by atoms with Gasteiger partial charge in [-0.05, 0) is 11.4 Å². The molecule has 0 radical (unpaired) electrons. The second-order valence-corrected chi connectivity index (χ2v) is 5.60. The summed E-state index contributed by atoms with van der Waals surface area (Å²) in [5, 5.41) is 18.9. The highest BCUT2D eigenvalue weighted by Gasteiger charge is 2.32. The third kappa shape index (κ3) is 4.29. The predicted octanol–water partition coefficient (Wildman–Crippen LogP) is 0.136. The zero-order valence-electron chi connectivity index (χ0n) is 11.1. The van der Waals surface area contributed by atoms with Crippen LogP contribution in [0.3, 0.4) is 0 Å². The largest absolute Gasteiger partial charge is 0.386 e. The van der Waals surface area contributed by atoms with E-state index in [9.17, 15) is 14.7 Å². The monoisotopic (exact) mass is 298 g/mol. The molecule has 1 atom stereocenters. The number of hydrogen-bond acceptors (Lipinski definition) is 5. The van der Waals surface area contributed by atoms with E-state index in [2.05, 4.69) is 10.6 Å². The highest BCUT2D eigenvalue weighted by molar-refractivity contribution is 7.08. The molecule has 1 aromatic heterocycles. The lowest BCUT2D eigenvalue weighted by Gasteiger charge is -2.20. The second kappa shape index (κ2) is 6.83. The molecular formula is C13H18N2O4S. The average molecular weight is 298 g/mol. The number of aliphatic hydroxyl groups is 1. The Labute approximate surface area is 121 Å². The van der Waals surface area contributed by atoms with Gasteiger partial charge in [-0.25, -0.2) is 0 Å². The van der Waals surface area contributed by atoms with Gasteiger partial charge >= 0.3 is 0 Å². The highest BCUT2D eigenvalue weighted by atomic mass is 32.1. The highest BCUT2D eigenvalue weighted by Crippen LogP contribution is 2.16. The van der Waals surface area contributed by atoms with Crippen molar-refractivity contribution in [2.24, 2.45) is 0 Å². The number of carbonyl (C=O) groups excluding carboxylic acids is 2. The van der Waals surface area contributed by atoms with Crippen molar-refractivity contribution in [2.45, 2.75) is 18.4 Å². The van der Waals surface area contributed by atoms with Crippen molar-refractivity contribution in [3.63, 3.8) is 0 Å². The van der Waals surface area contributed by atoms with E-state index in [-0.39, 0.29) is 37.9 Å². The quantitative estimate of drug-likeness (QED) is 0.697. The maximum atomic E-state index is 11.6. The van der Waals surface area contributed by atoms with Gasteiger partial charge in [0.2, 0.25) is 5.91 Å². The van der Waals surface area contributed by atoms with E-state index in [0.717, 1.165) is 0 Å². The standard InChI is InChI=1S/C13H18N2O4S/c16-11(15-8-13(18)3-5-19-9-13)1-4-14-12(17)10-2-6-20-7-10/h2,6-7,18H,1,3-5,8-9H2,(H,14,17)(H,15,16). The summed E-state index contributed by atoms with van der Waals surface area (Å²) in [6.45, 7) is 1.23. The van der Waals surface area contributed by atoms with E-state index in [1.165, 1.54) is 11.3 Å². The number of thiophene rings is 1. The van der Waals surface area contributed by atoms with Crippen LogP contribution in [0.1, 0.15) is 23.2 Å². The zero-order chi connectivity index (χ0) is 14.4. The first-order chi connectivity index (χ1) is 9.59. The van der Waals surface area contributed by atoms with Crippen LogP contribution in [-0.2, 0) is 9.53 Å². The molecule has 0 saturated carbocycles. The summed E-state index contributed by atoms with van der Waals surface area (Å²) in [7, 11) is 0. The summed E-state index contributed by atoms with van der Waals surface area (Å²) in [4.78, 5) is 23.2. The van der Waals surface area contributed by atoms with E-state index < -0.39 is 5.60 Å². The first-order valence-corrected chi connectivity index (χ1v) is 7.41. The van der Waals surface area contributed by atoms with Crippen LogP contribution < -0.4 is 10.6 Å². The minimum absolute atomic E-state index is 0.179. The Morgan fingerprint density at radius 1 is 1.45 bits per heavy atom. The molecule has 6 nitrogen and oxygen atoms in total. The maximum absolute atomic E-state index is 11.6. The van der Waals surface area contributed by atoms with Crippen LogP contribution in [0.25, 0.3) is 0 Å². The summed E-state index contributed by atoms with van der Waals surface area (Å²) in [6, 6.07) is 1.73. The summed E-state index contributed by atoms with van der Waals surface area (Å²) in [6.07, 6.45) is 0.717. The fraction of sp³-hybridized carbons (Fsp3) is 0.538. The third-order valence-electron chi connectivity index (χ3n) is 3.12. The summed E-state index contributed by atoms with van der Waals surface area (Å²) < 4.78 is 5.09. The van der Waals surface area contributed by atoms with Gasteiger partial charge in [-0.15, -0.1) is 0 Å². The van der Waals surface area contributed by atoms with Gasteiger partial charge in [0.05, 0.1) is 6.61 Å². The molecule has 1 aliphatic rings. The molecule has 0 aromatic carbocycles. The van der Waals surface area contributed by atoms with Gasteiger partial charge in [0.1, 0.15) is 5.60 Å². The SMILES string of the molecule is O=C(CCNC(=O)c1ccsc1)NCC1(O)CCOC1. The van der Waals surface area contributed by atoms with Gasteiger partial charge in [-0.1, -0.05) is 0 Å². The van der Waals surface area contributed by atoms with Gasteiger partial charge in [0.25, 0.3) is 5.91 Å². The molecule has 0 bridgehead atoms. The Bertz CT molecular complexity index is 455. The Morgan fingerprint density at radius 3 is 2.95 bits per heavy atom. The molecule has 2 heterocycles. The van der Waals surface area contributed by atoms with E-state index in [1.807, 2.05) is 5.38 Å². The Balaban J connectivity index is 1.62. The predicted molar refractivity (Wildman–Crippen MR) is 74.7 cm³/mol. The van der Waals surface area contributed by atoms with Gasteiger partial charge in [0.15, 0.2) is 0 Å². The average Bonchev–Trinajstić information content (AvgIpc) is 3.08. The molecule has 1 saturated heterocycles. The summed E-state index contributed by atoms with van der Waals surface area (Å²) in [5.41, 5.74) is -0.344. The lowest BCUT2D eigenvalue weighted by Crippen LogP contribution is -2.44. The van der Waals surface area contributed by atoms with Crippen LogP contribution in [0.5, 0.6) is 0 Å². The molecule has 2 rings (SSSR count). The normalized spacial score (nSPS) is 21.6. The topological polar surface area (TPSA) is 87.7 Å². The van der Waals surface area contributed by atoms with Crippen molar-refractivity contribution in [1.82, 2.24) is 10.6 Å². The second-order valence-electron chi connectivity index (χ2n) is 4.82. The molecule has 0 aliphatic carbocycles. The number of rotatable bonds is 6. The van der Waals surface area contributed by atoms with Crippen LogP contribution in [-0.4, -0.2) is 48.8 Å². The Hall–Kier alpha value is -1.44. The fourth-order valence-corrected chi connectivity index (χ4v) is 2.51. The van der Waals surface area contributed by atoms with Crippen molar-refractivity contribution in [2.75, 3.05) is 26.3 Å². The maximum Gasteiger partial charge on any atom is 0.252 e. The number of nitrogens with one attached hydrogen (secondary N) is 2. The molecule has 3 N–H and O–H groups in total. The molecule has 2 amide bonds. The molecular weight excluding hydrogens is 280 g/mol. The minimum Gasteiger partial charge on any atom is -0.386 e. The lowest BCUT2D eigenvalue weighted by atomic mass is 10.0. The van der Waals surface area contributed by atoms with Gasteiger partial charge in [-0.3, -0.25) is 9.59 Å². The lowest BCUT2D eigenvalue weighted by molar-refractivity contribution is -0.122. The van der Waals surface area contributed by atoms with Gasteiger partial charge in [0, 0.05) is 43.5 Å². The molecule has 20 heavy (non-hydrogen) atoms. The molecule has 1 fully saturated rings. The molecule has 1 aromatic rings. The van der Waals surface area contributed by atoms with Crippen LogP contribution in [0.4, 0.5) is 0 Å². The van der Waals surface area contributed by atoms with Crippen molar-refractivity contribution < 1.29 is 19.4 Å². The van der Waals surface area contributed by atoms with E-state index >= 15 is 0 Å². The van der Waals surface area contributed by atoms with E-state index in [4.69, 9.17) is 4.74 Å². The van der Waals surface area contributed by atoms with Crippen molar-refractivity contribution >= 4 is 23.2 Å². The van der Waals surface area contributed by atoms with Gasteiger partial charge in [-0.2, -0.15) is 11.3 Å². The molecule has 1 unspecified atom stereocenters. The molecule has 0 spiro atoms. The number of amides is 2. The van der Waals surface area contributed by atoms with Crippen molar-refractivity contribution in [3.8, 4) is 0 Å².